The van der Waals surface area contributed by atoms with E-state index in [9.17, 15) is 0 Å². The van der Waals surface area contributed by atoms with Gasteiger partial charge in [-0.15, -0.1) is 5.10 Å². The molecule has 3 N–H and O–H groups in total. The summed E-state index contributed by atoms with van der Waals surface area (Å²) >= 11 is 4.66. The van der Waals surface area contributed by atoms with Gasteiger partial charge >= 0.3 is 0 Å². The molecule has 1 heterocycles. The van der Waals surface area contributed by atoms with Crippen molar-refractivity contribution in [1.82, 2.24) is 25.6 Å². The first-order valence-corrected chi connectivity index (χ1v) is 6.98. The lowest BCUT2D eigenvalue weighted by Crippen LogP contribution is -2.24. The second-order valence-electron chi connectivity index (χ2n) is 4.53. The van der Waals surface area contributed by atoms with Gasteiger partial charge in [0.25, 0.3) is 0 Å². The second-order valence-corrected chi connectivity index (χ2v) is 4.97. The summed E-state index contributed by atoms with van der Waals surface area (Å²) in [6.07, 6.45) is 2.07. The average Bonchev–Trinajstić information content (AvgIpc) is 2.99. The molecular formula is C14H13N7S. The maximum atomic E-state index is 5.29. The number of hydrogen-bond donors (Lipinski definition) is 2. The third-order valence-corrected chi connectivity index (χ3v) is 3.14. The lowest BCUT2D eigenvalue weighted by atomic mass is 10.1. The molecule has 3 aromatic rings. The minimum absolute atomic E-state index is 0.116. The minimum Gasteiger partial charge on any atom is -0.375 e. The van der Waals surface area contributed by atoms with Gasteiger partial charge in [0.15, 0.2) is 10.9 Å². The highest BCUT2D eigenvalue weighted by molar-refractivity contribution is 7.80. The number of aromatic nitrogens is 4. The van der Waals surface area contributed by atoms with Gasteiger partial charge in [-0.05, 0) is 45.5 Å². The SMILES string of the molecule is NC(=S)NN=CCc1nnnn1-c1ccc2ccccc2c1. The zero-order valence-electron chi connectivity index (χ0n) is 11.5. The fourth-order valence-corrected chi connectivity index (χ4v) is 2.13. The number of tetrazole rings is 1. The molecule has 0 radical (unpaired) electrons. The van der Waals surface area contributed by atoms with Gasteiger partial charge in [0.1, 0.15) is 0 Å². The van der Waals surface area contributed by atoms with Crippen LogP contribution in [0.25, 0.3) is 16.5 Å². The molecule has 8 heteroatoms. The lowest BCUT2D eigenvalue weighted by Gasteiger charge is -2.05. The predicted molar refractivity (Wildman–Crippen MR) is 88.8 cm³/mol. The molecule has 0 saturated carbocycles. The first kappa shape index (κ1) is 14.1. The molecule has 110 valence electrons. The van der Waals surface area contributed by atoms with Crippen LogP contribution in [0.3, 0.4) is 0 Å². The highest BCUT2D eigenvalue weighted by atomic mass is 32.1. The smallest absolute Gasteiger partial charge is 0.184 e. The van der Waals surface area contributed by atoms with Crippen molar-refractivity contribution in [2.24, 2.45) is 10.8 Å². The molecule has 0 saturated heterocycles. The normalized spacial score (nSPS) is 11.1. The molecule has 0 fully saturated rings. The molecule has 0 spiro atoms. The minimum atomic E-state index is 0.116. The molecule has 22 heavy (non-hydrogen) atoms. The van der Waals surface area contributed by atoms with Crippen molar-refractivity contribution in [1.29, 1.82) is 0 Å². The number of nitrogens with two attached hydrogens (primary N) is 1. The van der Waals surface area contributed by atoms with Gasteiger partial charge in [-0.25, -0.2) is 0 Å². The van der Waals surface area contributed by atoms with Crippen LogP contribution in [0, 0.1) is 0 Å². The van der Waals surface area contributed by atoms with E-state index in [0.29, 0.717) is 12.2 Å². The summed E-state index contributed by atoms with van der Waals surface area (Å²) in [7, 11) is 0. The van der Waals surface area contributed by atoms with Gasteiger partial charge in [-0.3, -0.25) is 5.43 Å². The Morgan fingerprint density at radius 1 is 1.27 bits per heavy atom. The Labute approximate surface area is 131 Å². The summed E-state index contributed by atoms with van der Waals surface area (Å²) in [5.74, 6) is 0.670. The van der Waals surface area contributed by atoms with Gasteiger partial charge in [0, 0.05) is 12.6 Å². The van der Waals surface area contributed by atoms with E-state index in [-0.39, 0.29) is 5.11 Å². The Morgan fingerprint density at radius 3 is 2.91 bits per heavy atom. The summed E-state index contributed by atoms with van der Waals surface area (Å²) in [5, 5.41) is 18.1. The van der Waals surface area contributed by atoms with Crippen LogP contribution in [-0.2, 0) is 6.42 Å². The van der Waals surface area contributed by atoms with Gasteiger partial charge < -0.3 is 5.73 Å². The monoisotopic (exact) mass is 311 g/mol. The second kappa shape index (κ2) is 6.27. The van der Waals surface area contributed by atoms with Crippen LogP contribution in [0.2, 0.25) is 0 Å². The third kappa shape index (κ3) is 3.07. The van der Waals surface area contributed by atoms with E-state index in [2.05, 4.69) is 50.4 Å². The van der Waals surface area contributed by atoms with Gasteiger partial charge in [0.2, 0.25) is 0 Å². The summed E-state index contributed by atoms with van der Waals surface area (Å²) in [6.45, 7) is 0. The van der Waals surface area contributed by atoms with E-state index in [1.165, 1.54) is 5.39 Å². The van der Waals surface area contributed by atoms with Crippen molar-refractivity contribution >= 4 is 34.3 Å². The van der Waals surface area contributed by atoms with E-state index in [0.717, 1.165) is 11.1 Å². The standard InChI is InChI=1S/C14H13N7S/c15-14(22)18-16-8-7-13-17-19-20-21(13)12-6-5-10-3-1-2-4-11(10)9-12/h1-6,8-9H,7H2,(H3,15,18,22). The van der Waals surface area contributed by atoms with E-state index >= 15 is 0 Å². The first-order chi connectivity index (χ1) is 10.7. The molecule has 0 aliphatic heterocycles. The molecule has 0 amide bonds. The van der Waals surface area contributed by atoms with Crippen LogP contribution in [0.1, 0.15) is 5.82 Å². The number of hydrazone groups is 1. The molecule has 0 aliphatic rings. The van der Waals surface area contributed by atoms with Gasteiger partial charge in [0.05, 0.1) is 5.69 Å². The van der Waals surface area contributed by atoms with E-state index in [1.807, 2.05) is 30.3 Å². The summed E-state index contributed by atoms with van der Waals surface area (Å²) in [6, 6.07) is 14.2. The van der Waals surface area contributed by atoms with Crippen molar-refractivity contribution in [2.45, 2.75) is 6.42 Å². The van der Waals surface area contributed by atoms with Crippen LogP contribution in [-0.4, -0.2) is 31.5 Å². The number of benzene rings is 2. The predicted octanol–water partition coefficient (Wildman–Crippen LogP) is 1.18. The number of rotatable bonds is 4. The highest BCUT2D eigenvalue weighted by Gasteiger charge is 2.07. The quantitative estimate of drug-likeness (QED) is 0.427. The third-order valence-electron chi connectivity index (χ3n) is 3.05. The fraction of sp³-hybridized carbons (Fsp3) is 0.0714. The van der Waals surface area contributed by atoms with Gasteiger partial charge in [-0.1, -0.05) is 30.3 Å². The molecule has 0 atom stereocenters. The number of fused-ring (bicyclic) bond motifs is 1. The van der Waals surface area contributed by atoms with Crippen molar-refractivity contribution < 1.29 is 0 Å². The van der Waals surface area contributed by atoms with Crippen LogP contribution >= 0.6 is 12.2 Å². The molecule has 0 bridgehead atoms. The topological polar surface area (TPSA) is 94.0 Å². The number of nitrogens with zero attached hydrogens (tertiary/aromatic N) is 5. The zero-order valence-corrected chi connectivity index (χ0v) is 12.4. The van der Waals surface area contributed by atoms with Gasteiger partial charge in [-0.2, -0.15) is 9.78 Å². The number of nitrogens with one attached hydrogen (secondary N) is 1. The van der Waals surface area contributed by atoms with Crippen molar-refractivity contribution in [3.8, 4) is 5.69 Å². The Kier molecular flexibility index (Phi) is 4.01. The van der Waals surface area contributed by atoms with Crippen LogP contribution in [0.15, 0.2) is 47.6 Å². The summed E-state index contributed by atoms with van der Waals surface area (Å²) in [4.78, 5) is 0. The van der Waals surface area contributed by atoms with Crippen LogP contribution in [0.4, 0.5) is 0 Å². The summed E-state index contributed by atoms with van der Waals surface area (Å²) in [5.41, 5.74) is 8.68. The molecule has 0 aliphatic carbocycles. The van der Waals surface area contributed by atoms with Crippen LogP contribution < -0.4 is 11.2 Å². The molecule has 0 unspecified atom stereocenters. The molecular weight excluding hydrogens is 298 g/mol. The maximum absolute atomic E-state index is 5.29. The number of hydrogen-bond acceptors (Lipinski definition) is 5. The Hall–Kier alpha value is -2.87. The van der Waals surface area contributed by atoms with Crippen LogP contribution in [0.5, 0.6) is 0 Å². The molecule has 1 aromatic heterocycles. The van der Waals surface area contributed by atoms with E-state index in [4.69, 9.17) is 5.73 Å². The van der Waals surface area contributed by atoms with Crippen molar-refractivity contribution in [2.75, 3.05) is 0 Å². The molecule has 3 rings (SSSR count). The van der Waals surface area contributed by atoms with E-state index in [1.54, 1.807) is 10.9 Å². The Balaban J connectivity index is 1.86. The van der Waals surface area contributed by atoms with Crippen molar-refractivity contribution in [3.05, 3.63) is 48.3 Å². The summed E-state index contributed by atoms with van der Waals surface area (Å²) < 4.78 is 1.68. The largest absolute Gasteiger partial charge is 0.375 e. The number of thiocarbonyl (C=S) groups is 1. The first-order valence-electron chi connectivity index (χ1n) is 6.57. The Morgan fingerprint density at radius 2 is 2.09 bits per heavy atom. The zero-order chi connectivity index (χ0) is 15.4. The maximum Gasteiger partial charge on any atom is 0.184 e. The average molecular weight is 311 g/mol. The highest BCUT2D eigenvalue weighted by Crippen LogP contribution is 2.18. The molecule has 7 nitrogen and oxygen atoms in total. The lowest BCUT2D eigenvalue weighted by molar-refractivity contribution is 0.776. The molecule has 2 aromatic carbocycles. The van der Waals surface area contributed by atoms with E-state index < -0.39 is 0 Å². The fourth-order valence-electron chi connectivity index (χ4n) is 2.08. The Bertz CT molecular complexity index is 840. The van der Waals surface area contributed by atoms with Crippen molar-refractivity contribution in [3.63, 3.8) is 0 Å².